The molecule has 3 rings (SSSR count). The molecule has 2 heterocycles. The minimum atomic E-state index is -0.461. The van der Waals surface area contributed by atoms with Crippen molar-refractivity contribution in [2.75, 3.05) is 5.32 Å². The first-order valence-corrected chi connectivity index (χ1v) is 7.44. The number of carbonyl (C=O) groups excluding carboxylic acids is 1. The first-order chi connectivity index (χ1) is 11.5. The van der Waals surface area contributed by atoms with Gasteiger partial charge in [-0.3, -0.25) is 9.48 Å². The zero-order valence-electron chi connectivity index (χ0n) is 13.0. The number of amides is 1. The van der Waals surface area contributed by atoms with Gasteiger partial charge >= 0.3 is 0 Å². The molecule has 2 aromatic heterocycles. The van der Waals surface area contributed by atoms with Crippen molar-refractivity contribution < 1.29 is 4.79 Å². The van der Waals surface area contributed by atoms with Gasteiger partial charge in [-0.1, -0.05) is 29.8 Å². The van der Waals surface area contributed by atoms with Crippen LogP contribution in [0.1, 0.15) is 21.7 Å². The zero-order valence-corrected chi connectivity index (χ0v) is 13.7. The van der Waals surface area contributed by atoms with Crippen molar-refractivity contribution in [1.29, 1.82) is 5.26 Å². The minimum Gasteiger partial charge on any atom is -0.304 e. The summed E-state index contributed by atoms with van der Waals surface area (Å²) in [5.74, 6) is -0.180. The first kappa shape index (κ1) is 15.8. The number of rotatable bonds is 3. The lowest BCUT2D eigenvalue weighted by molar-refractivity contribution is 0.101. The quantitative estimate of drug-likeness (QED) is 0.793. The number of aryl methyl sites for hydroxylation is 2. The Morgan fingerprint density at radius 1 is 1.33 bits per heavy atom. The van der Waals surface area contributed by atoms with Crippen molar-refractivity contribution in [3.8, 4) is 11.8 Å². The van der Waals surface area contributed by atoms with E-state index >= 15 is 0 Å². The Morgan fingerprint density at radius 2 is 2.04 bits per heavy atom. The lowest BCUT2D eigenvalue weighted by atomic mass is 10.3. The summed E-state index contributed by atoms with van der Waals surface area (Å²) < 4.78 is 2.90. The van der Waals surface area contributed by atoms with Gasteiger partial charge < -0.3 is 5.32 Å². The van der Waals surface area contributed by atoms with E-state index in [4.69, 9.17) is 11.6 Å². The number of halogens is 1. The Bertz CT molecular complexity index is 951. The predicted octanol–water partition coefficient (Wildman–Crippen LogP) is 2.69. The van der Waals surface area contributed by atoms with Gasteiger partial charge in [0.25, 0.3) is 5.91 Å². The predicted molar refractivity (Wildman–Crippen MR) is 89.2 cm³/mol. The van der Waals surface area contributed by atoms with Crippen molar-refractivity contribution in [3.63, 3.8) is 0 Å². The fraction of sp³-hybridized carbons (Fsp3) is 0.125. The van der Waals surface area contributed by atoms with Crippen LogP contribution >= 0.6 is 11.6 Å². The molecule has 0 spiro atoms. The van der Waals surface area contributed by atoms with Gasteiger partial charge in [0.1, 0.15) is 17.3 Å². The molecule has 120 valence electrons. The maximum Gasteiger partial charge on any atom is 0.276 e. The summed E-state index contributed by atoms with van der Waals surface area (Å²) in [4.78, 5) is 12.6. The van der Waals surface area contributed by atoms with Crippen LogP contribution in [0.2, 0.25) is 5.02 Å². The van der Waals surface area contributed by atoms with Crippen LogP contribution in [0.3, 0.4) is 0 Å². The number of aromatic nitrogens is 4. The lowest BCUT2D eigenvalue weighted by Crippen LogP contribution is -2.19. The second-order valence-corrected chi connectivity index (χ2v) is 5.47. The van der Waals surface area contributed by atoms with Crippen LogP contribution in [-0.4, -0.2) is 25.5 Å². The Labute approximate surface area is 143 Å². The summed E-state index contributed by atoms with van der Waals surface area (Å²) in [6.07, 6.45) is 1.40. The number of hydrogen-bond donors (Lipinski definition) is 1. The average Bonchev–Trinajstić information content (AvgIpc) is 3.08. The number of anilines is 1. The van der Waals surface area contributed by atoms with Crippen LogP contribution < -0.4 is 5.32 Å². The molecule has 3 aromatic rings. The molecule has 8 heteroatoms. The molecule has 0 unspecified atom stereocenters. The van der Waals surface area contributed by atoms with E-state index in [0.717, 1.165) is 5.69 Å². The van der Waals surface area contributed by atoms with E-state index in [-0.39, 0.29) is 22.1 Å². The van der Waals surface area contributed by atoms with Gasteiger partial charge in [-0.25, -0.2) is 4.68 Å². The summed E-state index contributed by atoms with van der Waals surface area (Å²) in [6, 6.07) is 11.2. The third-order valence-corrected chi connectivity index (χ3v) is 3.94. The number of para-hydroxylation sites is 1. The Morgan fingerprint density at radius 3 is 2.62 bits per heavy atom. The maximum absolute atomic E-state index is 12.6. The van der Waals surface area contributed by atoms with E-state index in [0.29, 0.717) is 5.69 Å². The Balaban J connectivity index is 2.03. The Hall–Kier alpha value is -3.11. The molecule has 0 aliphatic carbocycles. The van der Waals surface area contributed by atoms with Crippen LogP contribution in [0.4, 0.5) is 5.82 Å². The van der Waals surface area contributed by atoms with Gasteiger partial charge in [0.15, 0.2) is 5.82 Å². The average molecular weight is 341 g/mol. The number of nitrogens with zero attached hydrogens (tertiary/aromatic N) is 5. The smallest absolute Gasteiger partial charge is 0.276 e. The van der Waals surface area contributed by atoms with Crippen LogP contribution in [0.5, 0.6) is 0 Å². The normalized spacial score (nSPS) is 10.4. The molecule has 0 fully saturated rings. The second-order valence-electron chi connectivity index (χ2n) is 5.09. The summed E-state index contributed by atoms with van der Waals surface area (Å²) in [6.45, 7) is 1.72. The van der Waals surface area contributed by atoms with Crippen LogP contribution in [0.25, 0.3) is 5.69 Å². The van der Waals surface area contributed by atoms with Gasteiger partial charge in [-0.05, 0) is 19.1 Å². The van der Waals surface area contributed by atoms with Gasteiger partial charge in [-0.2, -0.15) is 15.5 Å². The van der Waals surface area contributed by atoms with Gasteiger partial charge in [0.2, 0.25) is 0 Å². The summed E-state index contributed by atoms with van der Waals surface area (Å²) in [5.41, 5.74) is 1.75. The molecule has 1 N–H and O–H groups in total. The number of nitrogens with one attached hydrogen (secondary N) is 1. The molecule has 0 atom stereocenters. The first-order valence-electron chi connectivity index (χ1n) is 7.07. The Kier molecular flexibility index (Phi) is 4.06. The highest BCUT2D eigenvalue weighted by atomic mass is 35.5. The lowest BCUT2D eigenvalue weighted by Gasteiger charge is -2.10. The highest BCUT2D eigenvalue weighted by Gasteiger charge is 2.22. The monoisotopic (exact) mass is 340 g/mol. The van der Waals surface area contributed by atoms with E-state index in [1.165, 1.54) is 15.6 Å². The van der Waals surface area contributed by atoms with Gasteiger partial charge in [-0.15, -0.1) is 0 Å². The number of nitriles is 1. The molecule has 7 nitrogen and oxygen atoms in total. The van der Waals surface area contributed by atoms with Crippen molar-refractivity contribution >= 4 is 23.3 Å². The highest BCUT2D eigenvalue weighted by Crippen LogP contribution is 2.23. The van der Waals surface area contributed by atoms with E-state index in [2.05, 4.69) is 15.5 Å². The molecule has 1 amide bonds. The molecule has 0 radical (unpaired) electrons. The second kappa shape index (κ2) is 6.18. The van der Waals surface area contributed by atoms with E-state index in [1.54, 1.807) is 14.0 Å². The zero-order chi connectivity index (χ0) is 17.3. The third-order valence-electron chi connectivity index (χ3n) is 3.49. The molecule has 0 saturated carbocycles. The van der Waals surface area contributed by atoms with Crippen LogP contribution in [0.15, 0.2) is 36.5 Å². The fourth-order valence-corrected chi connectivity index (χ4v) is 2.61. The number of benzene rings is 1. The van der Waals surface area contributed by atoms with E-state index < -0.39 is 5.91 Å². The highest BCUT2D eigenvalue weighted by molar-refractivity contribution is 6.34. The van der Waals surface area contributed by atoms with Gasteiger partial charge in [0.05, 0.1) is 22.6 Å². The van der Waals surface area contributed by atoms with Crippen molar-refractivity contribution in [1.82, 2.24) is 19.6 Å². The standard InChI is InChI=1S/C16H13ClN6O/c1-10-13(17)14(22(2)21-10)16(24)20-15-11(8-18)9-19-23(15)12-6-4-3-5-7-12/h3-7,9H,1-2H3,(H,20,24). The van der Waals surface area contributed by atoms with Crippen LogP contribution in [0, 0.1) is 18.3 Å². The van der Waals surface area contributed by atoms with Crippen molar-refractivity contribution in [2.45, 2.75) is 6.92 Å². The molecule has 0 aliphatic heterocycles. The van der Waals surface area contributed by atoms with Crippen molar-refractivity contribution in [2.24, 2.45) is 7.05 Å². The molecule has 24 heavy (non-hydrogen) atoms. The summed E-state index contributed by atoms with van der Waals surface area (Å²) in [7, 11) is 1.63. The summed E-state index contributed by atoms with van der Waals surface area (Å²) >= 11 is 6.15. The number of carbonyl (C=O) groups is 1. The molecule has 0 aliphatic rings. The molecular formula is C16H13ClN6O. The molecular weight excluding hydrogens is 328 g/mol. The number of hydrogen-bond acceptors (Lipinski definition) is 4. The third kappa shape index (κ3) is 2.64. The molecule has 0 saturated heterocycles. The molecule has 1 aromatic carbocycles. The van der Waals surface area contributed by atoms with Crippen molar-refractivity contribution in [3.05, 3.63) is 58.5 Å². The minimum absolute atomic E-state index is 0.221. The topological polar surface area (TPSA) is 88.5 Å². The SMILES string of the molecule is Cc1nn(C)c(C(=O)Nc2c(C#N)cnn2-c2ccccc2)c1Cl. The summed E-state index contributed by atoms with van der Waals surface area (Å²) in [5, 5.41) is 20.6. The van der Waals surface area contributed by atoms with E-state index in [9.17, 15) is 10.1 Å². The fourth-order valence-electron chi connectivity index (χ4n) is 2.36. The van der Waals surface area contributed by atoms with Crippen LogP contribution in [-0.2, 0) is 7.05 Å². The van der Waals surface area contributed by atoms with E-state index in [1.807, 2.05) is 36.4 Å². The largest absolute Gasteiger partial charge is 0.304 e. The maximum atomic E-state index is 12.6. The van der Waals surface area contributed by atoms with Gasteiger partial charge in [0, 0.05) is 7.05 Å². The molecule has 0 bridgehead atoms.